The molecule has 0 aliphatic heterocycles. The second-order valence-electron chi connectivity index (χ2n) is 4.08. The van der Waals surface area contributed by atoms with Crippen LogP contribution in [0, 0.1) is 13.8 Å². The fourth-order valence-corrected chi connectivity index (χ4v) is 1.77. The Morgan fingerprint density at radius 1 is 1.33 bits per heavy atom. The largest absolute Gasteiger partial charge is 0.323 e. The molecule has 18 heavy (non-hydrogen) atoms. The van der Waals surface area contributed by atoms with E-state index in [0.717, 1.165) is 22.8 Å². The molecule has 0 bridgehead atoms. The number of amides is 1. The molecule has 1 aromatic carbocycles. The smallest absolute Gasteiger partial charge is 0.247 e. The Bertz CT molecular complexity index is 582. The van der Waals surface area contributed by atoms with Gasteiger partial charge in [-0.25, -0.2) is 4.68 Å². The van der Waals surface area contributed by atoms with Gasteiger partial charge < -0.3 is 5.32 Å². The normalized spacial score (nSPS) is 10.1. The third-order valence-electron chi connectivity index (χ3n) is 2.57. The van der Waals surface area contributed by atoms with Crippen molar-refractivity contribution in [3.05, 3.63) is 54.4 Å². The molecular formula is C14H15N3O. The van der Waals surface area contributed by atoms with Gasteiger partial charge in [0.15, 0.2) is 0 Å². The van der Waals surface area contributed by atoms with Gasteiger partial charge >= 0.3 is 0 Å². The highest BCUT2D eigenvalue weighted by atomic mass is 16.1. The van der Waals surface area contributed by atoms with Crippen molar-refractivity contribution >= 4 is 11.6 Å². The molecule has 0 unspecified atom stereocenters. The van der Waals surface area contributed by atoms with Gasteiger partial charge in [-0.1, -0.05) is 6.58 Å². The first kappa shape index (κ1) is 12.1. The summed E-state index contributed by atoms with van der Waals surface area (Å²) in [4.78, 5) is 11.1. The van der Waals surface area contributed by atoms with Gasteiger partial charge in [0.05, 0.1) is 11.4 Å². The van der Waals surface area contributed by atoms with Gasteiger partial charge in [0.2, 0.25) is 5.91 Å². The molecule has 0 saturated carbocycles. The lowest BCUT2D eigenvalue weighted by Gasteiger charge is -2.06. The maximum absolute atomic E-state index is 11.1. The van der Waals surface area contributed by atoms with E-state index in [1.54, 1.807) is 0 Å². The fourth-order valence-electron chi connectivity index (χ4n) is 1.77. The Hall–Kier alpha value is -2.36. The molecule has 4 heteroatoms. The molecule has 0 atom stereocenters. The minimum Gasteiger partial charge on any atom is -0.323 e. The Balaban J connectivity index is 2.25. The van der Waals surface area contributed by atoms with E-state index in [4.69, 9.17) is 0 Å². The van der Waals surface area contributed by atoms with E-state index in [2.05, 4.69) is 17.0 Å². The SMILES string of the molecule is C=CC(=O)Nc1ccc(-n2nc(C)cc2C)cc1. The highest BCUT2D eigenvalue weighted by Crippen LogP contribution is 2.15. The van der Waals surface area contributed by atoms with Crippen LogP contribution in [0.3, 0.4) is 0 Å². The Morgan fingerprint density at radius 2 is 2.00 bits per heavy atom. The van der Waals surface area contributed by atoms with Crippen LogP contribution in [0.1, 0.15) is 11.4 Å². The second kappa shape index (κ2) is 4.87. The van der Waals surface area contributed by atoms with Gasteiger partial charge in [0.1, 0.15) is 0 Å². The summed E-state index contributed by atoms with van der Waals surface area (Å²) in [5, 5.41) is 7.10. The van der Waals surface area contributed by atoms with E-state index >= 15 is 0 Å². The summed E-state index contributed by atoms with van der Waals surface area (Å²) < 4.78 is 1.87. The fraction of sp³-hybridized carbons (Fsp3) is 0.143. The molecule has 1 heterocycles. The molecule has 1 amide bonds. The number of hydrogen-bond acceptors (Lipinski definition) is 2. The van der Waals surface area contributed by atoms with Crippen molar-refractivity contribution in [2.24, 2.45) is 0 Å². The minimum absolute atomic E-state index is 0.214. The molecular weight excluding hydrogens is 226 g/mol. The maximum atomic E-state index is 11.1. The summed E-state index contributed by atoms with van der Waals surface area (Å²) in [5.41, 5.74) is 3.77. The van der Waals surface area contributed by atoms with Crippen molar-refractivity contribution in [3.63, 3.8) is 0 Å². The monoisotopic (exact) mass is 241 g/mol. The molecule has 0 radical (unpaired) electrons. The summed E-state index contributed by atoms with van der Waals surface area (Å²) in [5.74, 6) is -0.214. The zero-order valence-corrected chi connectivity index (χ0v) is 10.5. The van der Waals surface area contributed by atoms with Crippen molar-refractivity contribution in [3.8, 4) is 5.69 Å². The zero-order chi connectivity index (χ0) is 13.1. The van der Waals surface area contributed by atoms with Gasteiger partial charge in [0, 0.05) is 11.4 Å². The molecule has 0 fully saturated rings. The highest BCUT2D eigenvalue weighted by molar-refractivity contribution is 5.98. The van der Waals surface area contributed by atoms with E-state index < -0.39 is 0 Å². The highest BCUT2D eigenvalue weighted by Gasteiger charge is 2.03. The van der Waals surface area contributed by atoms with Gasteiger partial charge in [-0.3, -0.25) is 4.79 Å². The summed E-state index contributed by atoms with van der Waals surface area (Å²) >= 11 is 0. The number of nitrogens with one attached hydrogen (secondary N) is 1. The maximum Gasteiger partial charge on any atom is 0.247 e. The van der Waals surface area contributed by atoms with Crippen molar-refractivity contribution < 1.29 is 4.79 Å². The summed E-state index contributed by atoms with van der Waals surface area (Å²) in [6.07, 6.45) is 1.24. The number of benzene rings is 1. The molecule has 0 saturated heterocycles. The van der Waals surface area contributed by atoms with Gasteiger partial charge in [-0.05, 0) is 50.3 Å². The van der Waals surface area contributed by atoms with Crippen LogP contribution in [0.2, 0.25) is 0 Å². The Labute approximate surface area is 106 Å². The van der Waals surface area contributed by atoms with Crippen LogP contribution in [0.25, 0.3) is 5.69 Å². The molecule has 1 aromatic heterocycles. The number of aryl methyl sites for hydroxylation is 2. The first-order valence-corrected chi connectivity index (χ1v) is 5.67. The summed E-state index contributed by atoms with van der Waals surface area (Å²) in [7, 11) is 0. The van der Waals surface area contributed by atoms with Crippen LogP contribution in [-0.2, 0) is 4.79 Å². The number of aromatic nitrogens is 2. The Morgan fingerprint density at radius 3 is 2.50 bits per heavy atom. The number of carbonyl (C=O) groups excluding carboxylic acids is 1. The van der Waals surface area contributed by atoms with E-state index in [1.807, 2.05) is 48.9 Å². The minimum atomic E-state index is -0.214. The third-order valence-corrected chi connectivity index (χ3v) is 2.57. The van der Waals surface area contributed by atoms with E-state index in [-0.39, 0.29) is 5.91 Å². The van der Waals surface area contributed by atoms with E-state index in [0.29, 0.717) is 0 Å². The first-order valence-electron chi connectivity index (χ1n) is 5.67. The molecule has 0 aliphatic carbocycles. The molecule has 0 spiro atoms. The molecule has 2 rings (SSSR count). The number of rotatable bonds is 3. The Kier molecular flexibility index (Phi) is 3.28. The van der Waals surface area contributed by atoms with Crippen molar-refractivity contribution in [1.29, 1.82) is 0 Å². The van der Waals surface area contributed by atoms with Crippen LogP contribution in [0.15, 0.2) is 43.0 Å². The molecule has 2 aromatic rings. The lowest BCUT2D eigenvalue weighted by molar-refractivity contribution is -0.111. The zero-order valence-electron chi connectivity index (χ0n) is 10.5. The standard InChI is InChI=1S/C14H15N3O/c1-4-14(18)15-12-5-7-13(8-6-12)17-11(3)9-10(2)16-17/h4-9H,1H2,2-3H3,(H,15,18). The van der Waals surface area contributed by atoms with Crippen LogP contribution >= 0.6 is 0 Å². The van der Waals surface area contributed by atoms with Gasteiger partial charge in [-0.15, -0.1) is 0 Å². The lowest BCUT2D eigenvalue weighted by Crippen LogP contribution is -2.07. The number of carbonyl (C=O) groups is 1. The van der Waals surface area contributed by atoms with Crippen molar-refractivity contribution in [2.75, 3.05) is 5.32 Å². The second-order valence-corrected chi connectivity index (χ2v) is 4.08. The number of anilines is 1. The van der Waals surface area contributed by atoms with Crippen molar-refractivity contribution in [2.45, 2.75) is 13.8 Å². The topological polar surface area (TPSA) is 46.9 Å². The predicted octanol–water partition coefficient (Wildman–Crippen LogP) is 2.61. The van der Waals surface area contributed by atoms with Gasteiger partial charge in [0.25, 0.3) is 0 Å². The predicted molar refractivity (Wildman–Crippen MR) is 71.9 cm³/mol. The van der Waals surface area contributed by atoms with Crippen molar-refractivity contribution in [1.82, 2.24) is 9.78 Å². The summed E-state index contributed by atoms with van der Waals surface area (Å²) in [6, 6.07) is 9.53. The van der Waals surface area contributed by atoms with Crippen LogP contribution in [-0.4, -0.2) is 15.7 Å². The molecule has 0 aliphatic rings. The van der Waals surface area contributed by atoms with Crippen LogP contribution in [0.5, 0.6) is 0 Å². The van der Waals surface area contributed by atoms with Gasteiger partial charge in [-0.2, -0.15) is 5.10 Å². The average Bonchev–Trinajstić information content (AvgIpc) is 2.69. The van der Waals surface area contributed by atoms with E-state index in [9.17, 15) is 4.79 Å². The molecule has 1 N–H and O–H groups in total. The average molecular weight is 241 g/mol. The third kappa shape index (κ3) is 2.48. The molecule has 4 nitrogen and oxygen atoms in total. The quantitative estimate of drug-likeness (QED) is 0.840. The van der Waals surface area contributed by atoms with Crippen LogP contribution < -0.4 is 5.32 Å². The molecule has 92 valence electrons. The number of nitrogens with zero attached hydrogens (tertiary/aromatic N) is 2. The van der Waals surface area contributed by atoms with E-state index in [1.165, 1.54) is 6.08 Å². The first-order chi connectivity index (χ1) is 8.60. The van der Waals surface area contributed by atoms with Crippen LogP contribution in [0.4, 0.5) is 5.69 Å². The summed E-state index contributed by atoms with van der Waals surface area (Å²) in [6.45, 7) is 7.38. The lowest BCUT2D eigenvalue weighted by atomic mass is 10.2. The number of hydrogen-bond donors (Lipinski definition) is 1.